The van der Waals surface area contributed by atoms with E-state index in [0.29, 0.717) is 35.1 Å². The summed E-state index contributed by atoms with van der Waals surface area (Å²) in [6.45, 7) is 2.14. The molecule has 2 aliphatic rings. The number of hydrogen-bond acceptors (Lipinski definition) is 7. The highest BCUT2D eigenvalue weighted by Crippen LogP contribution is 2.50. The van der Waals surface area contributed by atoms with Gasteiger partial charge in [0.1, 0.15) is 18.6 Å². The lowest BCUT2D eigenvalue weighted by Crippen LogP contribution is -2.26. The third-order valence-corrected chi connectivity index (χ3v) is 5.45. The van der Waals surface area contributed by atoms with Crippen LogP contribution in [-0.4, -0.2) is 39.3 Å². The van der Waals surface area contributed by atoms with Gasteiger partial charge in [-0.05, 0) is 49.6 Å². The van der Waals surface area contributed by atoms with Crippen molar-refractivity contribution < 1.29 is 37.4 Å². The van der Waals surface area contributed by atoms with Crippen LogP contribution in [0.15, 0.2) is 30.3 Å². The van der Waals surface area contributed by atoms with Gasteiger partial charge in [-0.1, -0.05) is 6.07 Å². The predicted octanol–water partition coefficient (Wildman–Crippen LogP) is 3.76. The monoisotopic (exact) mass is 415 g/mol. The van der Waals surface area contributed by atoms with Crippen LogP contribution >= 0.6 is 0 Å². The van der Waals surface area contributed by atoms with E-state index in [2.05, 4.69) is 0 Å². The number of methoxy groups -OCH3 is 2. The standard InChI is InChI=1S/C23H24O7/c1-4-28-22(25)23(9-10-23)13-30-19-16(7-8-18(26-2)20(19)27-3)14-5-6-17-15(11-14)12-29-21(17)24/h5-8,11H,4,9-10,12-13H2,1-3H3/i3D3. The predicted molar refractivity (Wildman–Crippen MR) is 108 cm³/mol. The smallest absolute Gasteiger partial charge is 0.338 e. The van der Waals surface area contributed by atoms with Crippen molar-refractivity contribution in [3.05, 3.63) is 41.5 Å². The minimum Gasteiger partial charge on any atom is -0.493 e. The Morgan fingerprint density at radius 2 is 1.97 bits per heavy atom. The molecule has 0 saturated heterocycles. The minimum atomic E-state index is -2.76. The van der Waals surface area contributed by atoms with E-state index in [4.69, 9.17) is 27.8 Å². The average molecular weight is 415 g/mol. The Morgan fingerprint density at radius 1 is 1.17 bits per heavy atom. The molecule has 0 amide bonds. The molecular weight excluding hydrogens is 388 g/mol. The van der Waals surface area contributed by atoms with Gasteiger partial charge in [-0.2, -0.15) is 0 Å². The second-order valence-corrected chi connectivity index (χ2v) is 7.31. The Balaban J connectivity index is 1.77. The maximum atomic E-state index is 12.4. The topological polar surface area (TPSA) is 80.3 Å². The van der Waals surface area contributed by atoms with Crippen molar-refractivity contribution in [2.45, 2.75) is 26.4 Å². The summed E-state index contributed by atoms with van der Waals surface area (Å²) < 4.78 is 49.8. The summed E-state index contributed by atoms with van der Waals surface area (Å²) in [5.41, 5.74) is 1.61. The molecule has 4 rings (SSSR count). The third-order valence-electron chi connectivity index (χ3n) is 5.45. The fourth-order valence-corrected chi connectivity index (χ4v) is 3.53. The molecule has 0 atom stereocenters. The highest BCUT2D eigenvalue weighted by Gasteiger charge is 2.52. The number of hydrogen-bond donors (Lipinski definition) is 0. The number of ether oxygens (including phenoxy) is 5. The lowest BCUT2D eigenvalue weighted by Gasteiger charge is -2.20. The third kappa shape index (κ3) is 3.44. The van der Waals surface area contributed by atoms with E-state index in [1.165, 1.54) is 7.11 Å². The lowest BCUT2D eigenvalue weighted by molar-refractivity contribution is -0.150. The van der Waals surface area contributed by atoms with Crippen LogP contribution in [0.4, 0.5) is 0 Å². The van der Waals surface area contributed by atoms with Gasteiger partial charge in [-0.3, -0.25) is 4.79 Å². The van der Waals surface area contributed by atoms with Crippen LogP contribution in [0.25, 0.3) is 11.1 Å². The van der Waals surface area contributed by atoms with E-state index >= 15 is 0 Å². The second-order valence-electron chi connectivity index (χ2n) is 7.31. The average Bonchev–Trinajstić information content (AvgIpc) is 3.48. The molecule has 0 aromatic heterocycles. The highest BCUT2D eigenvalue weighted by atomic mass is 16.6. The first-order valence-corrected chi connectivity index (χ1v) is 9.68. The minimum absolute atomic E-state index is 0.00407. The zero-order valence-corrected chi connectivity index (χ0v) is 16.8. The van der Waals surface area contributed by atoms with Crippen LogP contribution < -0.4 is 14.2 Å². The summed E-state index contributed by atoms with van der Waals surface area (Å²) in [7, 11) is -1.37. The fourth-order valence-electron chi connectivity index (χ4n) is 3.53. The summed E-state index contributed by atoms with van der Waals surface area (Å²) in [4.78, 5) is 24.2. The van der Waals surface area contributed by atoms with E-state index in [0.717, 1.165) is 0 Å². The van der Waals surface area contributed by atoms with Crippen molar-refractivity contribution in [3.63, 3.8) is 0 Å². The van der Waals surface area contributed by atoms with Crippen molar-refractivity contribution in [3.8, 4) is 28.4 Å². The van der Waals surface area contributed by atoms with E-state index in [9.17, 15) is 9.59 Å². The Kier molecular flexibility index (Phi) is 4.36. The van der Waals surface area contributed by atoms with Crippen molar-refractivity contribution in [1.82, 2.24) is 0 Å². The molecular formula is C23H24O7. The molecule has 1 aliphatic carbocycles. The van der Waals surface area contributed by atoms with E-state index in [1.807, 2.05) is 0 Å². The van der Waals surface area contributed by atoms with Gasteiger partial charge in [0.05, 0.1) is 30.4 Å². The molecule has 2 aromatic carbocycles. The SMILES string of the molecule is [2H]C([2H])([2H])Oc1c(OC)ccc(-c2ccc3c(c2)COC3=O)c1OCC1(C(=O)OCC)CC1. The van der Waals surface area contributed by atoms with Gasteiger partial charge in [0, 0.05) is 11.1 Å². The van der Waals surface area contributed by atoms with Gasteiger partial charge >= 0.3 is 11.9 Å². The Bertz CT molecular complexity index is 1090. The number of esters is 2. The van der Waals surface area contributed by atoms with E-state index in [1.54, 1.807) is 37.3 Å². The van der Waals surface area contributed by atoms with Crippen molar-refractivity contribution >= 4 is 11.9 Å². The first kappa shape index (κ1) is 16.6. The van der Waals surface area contributed by atoms with Gasteiger partial charge in [0.25, 0.3) is 0 Å². The van der Waals surface area contributed by atoms with Crippen LogP contribution in [-0.2, 0) is 20.9 Å². The van der Waals surface area contributed by atoms with E-state index < -0.39 is 12.5 Å². The number of fused-ring (bicyclic) bond motifs is 1. The highest BCUT2D eigenvalue weighted by molar-refractivity contribution is 5.94. The molecule has 1 saturated carbocycles. The van der Waals surface area contributed by atoms with Crippen LogP contribution in [0.1, 0.15) is 39.8 Å². The van der Waals surface area contributed by atoms with Crippen LogP contribution in [0.2, 0.25) is 0 Å². The molecule has 0 radical (unpaired) electrons. The summed E-state index contributed by atoms with van der Waals surface area (Å²) in [6, 6.07) is 8.45. The van der Waals surface area contributed by atoms with Crippen molar-refractivity contribution in [2.24, 2.45) is 5.41 Å². The van der Waals surface area contributed by atoms with E-state index in [-0.39, 0.29) is 49.0 Å². The lowest BCUT2D eigenvalue weighted by atomic mass is 9.99. The second kappa shape index (κ2) is 7.89. The molecule has 0 bridgehead atoms. The van der Waals surface area contributed by atoms with Crippen molar-refractivity contribution in [2.75, 3.05) is 27.4 Å². The largest absolute Gasteiger partial charge is 0.493 e. The summed E-state index contributed by atoms with van der Waals surface area (Å²) in [5.74, 6) is -0.528. The Labute approximate surface area is 179 Å². The molecule has 1 aliphatic heterocycles. The van der Waals surface area contributed by atoms with Gasteiger partial charge in [0.2, 0.25) is 5.75 Å². The van der Waals surface area contributed by atoms with Crippen LogP contribution in [0.3, 0.4) is 0 Å². The quantitative estimate of drug-likeness (QED) is 0.607. The molecule has 0 spiro atoms. The maximum Gasteiger partial charge on any atom is 0.338 e. The zero-order chi connectivity index (χ0) is 23.8. The van der Waals surface area contributed by atoms with Crippen molar-refractivity contribution in [1.29, 1.82) is 0 Å². The van der Waals surface area contributed by atoms with Gasteiger partial charge in [-0.25, -0.2) is 4.79 Å². The molecule has 1 fully saturated rings. The molecule has 0 N–H and O–H groups in total. The molecule has 158 valence electrons. The number of rotatable bonds is 8. The molecule has 7 nitrogen and oxygen atoms in total. The summed E-state index contributed by atoms with van der Waals surface area (Å²) >= 11 is 0. The number of cyclic esters (lactones) is 1. The number of benzene rings is 2. The molecule has 0 unspecified atom stereocenters. The first-order chi connectivity index (χ1) is 15.7. The van der Waals surface area contributed by atoms with Crippen LogP contribution in [0, 0.1) is 5.41 Å². The number of carbonyl (C=O) groups is 2. The first-order valence-electron chi connectivity index (χ1n) is 11.2. The zero-order valence-electron chi connectivity index (χ0n) is 19.8. The summed E-state index contributed by atoms with van der Waals surface area (Å²) in [5, 5.41) is 0. The van der Waals surface area contributed by atoms with Gasteiger partial charge in [-0.15, -0.1) is 0 Å². The Morgan fingerprint density at radius 3 is 2.67 bits per heavy atom. The maximum absolute atomic E-state index is 12.4. The normalized spacial score (nSPS) is 17.7. The molecule has 1 heterocycles. The van der Waals surface area contributed by atoms with Gasteiger partial charge in [0.15, 0.2) is 11.5 Å². The number of carbonyl (C=O) groups excluding carboxylic acids is 2. The fraction of sp³-hybridized carbons (Fsp3) is 0.391. The Hall–Kier alpha value is -3.22. The van der Waals surface area contributed by atoms with Crippen LogP contribution in [0.5, 0.6) is 17.2 Å². The molecule has 2 aromatic rings. The van der Waals surface area contributed by atoms with Gasteiger partial charge < -0.3 is 23.7 Å². The summed E-state index contributed by atoms with van der Waals surface area (Å²) in [6.07, 6.45) is 1.22. The molecule has 30 heavy (non-hydrogen) atoms. The molecule has 7 heteroatoms.